The SMILES string of the molecule is CCc1ccc([C@H](O)c2ccc(F)cc2)cc1. The first-order valence-corrected chi connectivity index (χ1v) is 5.73. The van der Waals surface area contributed by atoms with Gasteiger partial charge in [-0.15, -0.1) is 0 Å². The van der Waals surface area contributed by atoms with Gasteiger partial charge in [-0.1, -0.05) is 43.3 Å². The van der Waals surface area contributed by atoms with Crippen molar-refractivity contribution in [2.75, 3.05) is 0 Å². The van der Waals surface area contributed by atoms with Gasteiger partial charge in [0.1, 0.15) is 11.9 Å². The van der Waals surface area contributed by atoms with E-state index in [1.165, 1.54) is 17.7 Å². The van der Waals surface area contributed by atoms with Crippen LogP contribution in [0.3, 0.4) is 0 Å². The maximum absolute atomic E-state index is 12.8. The second-order valence-corrected chi connectivity index (χ2v) is 4.05. The molecular weight excluding hydrogens is 215 g/mol. The number of hydrogen-bond acceptors (Lipinski definition) is 1. The molecule has 17 heavy (non-hydrogen) atoms. The third kappa shape index (κ3) is 2.71. The van der Waals surface area contributed by atoms with Crippen molar-refractivity contribution in [2.24, 2.45) is 0 Å². The Morgan fingerprint density at radius 3 is 1.88 bits per heavy atom. The van der Waals surface area contributed by atoms with Crippen molar-refractivity contribution in [1.29, 1.82) is 0 Å². The number of aliphatic hydroxyl groups excluding tert-OH is 1. The van der Waals surface area contributed by atoms with Crippen LogP contribution in [0.15, 0.2) is 48.5 Å². The molecule has 0 aliphatic heterocycles. The minimum Gasteiger partial charge on any atom is -0.384 e. The van der Waals surface area contributed by atoms with Gasteiger partial charge in [0.25, 0.3) is 0 Å². The molecular formula is C15H15FO. The molecule has 1 nitrogen and oxygen atoms in total. The lowest BCUT2D eigenvalue weighted by Crippen LogP contribution is -1.99. The van der Waals surface area contributed by atoms with Gasteiger partial charge < -0.3 is 5.11 Å². The Morgan fingerprint density at radius 2 is 1.41 bits per heavy atom. The predicted molar refractivity (Wildman–Crippen MR) is 66.3 cm³/mol. The highest BCUT2D eigenvalue weighted by atomic mass is 19.1. The summed E-state index contributed by atoms with van der Waals surface area (Å²) in [5.41, 5.74) is 2.77. The van der Waals surface area contributed by atoms with E-state index in [1.54, 1.807) is 12.1 Å². The molecule has 0 fully saturated rings. The average Bonchev–Trinajstić information content (AvgIpc) is 2.39. The van der Waals surface area contributed by atoms with Crippen LogP contribution in [-0.4, -0.2) is 5.11 Å². The van der Waals surface area contributed by atoms with Gasteiger partial charge in [0.05, 0.1) is 0 Å². The molecule has 0 heterocycles. The second kappa shape index (κ2) is 5.11. The van der Waals surface area contributed by atoms with Crippen molar-refractivity contribution in [1.82, 2.24) is 0 Å². The Morgan fingerprint density at radius 1 is 0.941 bits per heavy atom. The first-order chi connectivity index (χ1) is 8.20. The Labute approximate surface area is 101 Å². The van der Waals surface area contributed by atoms with Crippen LogP contribution in [-0.2, 0) is 6.42 Å². The Bertz CT molecular complexity index is 473. The highest BCUT2D eigenvalue weighted by Crippen LogP contribution is 2.22. The van der Waals surface area contributed by atoms with Crippen LogP contribution >= 0.6 is 0 Å². The zero-order chi connectivity index (χ0) is 12.3. The fourth-order valence-electron chi connectivity index (χ4n) is 1.77. The summed E-state index contributed by atoms with van der Waals surface area (Å²) in [4.78, 5) is 0. The molecule has 0 amide bonds. The summed E-state index contributed by atoms with van der Waals surface area (Å²) in [5.74, 6) is -0.290. The molecule has 2 aromatic carbocycles. The van der Waals surface area contributed by atoms with E-state index in [9.17, 15) is 9.50 Å². The zero-order valence-corrected chi connectivity index (χ0v) is 9.73. The largest absolute Gasteiger partial charge is 0.384 e. The molecule has 1 N–H and O–H groups in total. The summed E-state index contributed by atoms with van der Waals surface area (Å²) < 4.78 is 12.8. The molecule has 0 saturated carbocycles. The highest BCUT2D eigenvalue weighted by Gasteiger charge is 2.09. The third-order valence-corrected chi connectivity index (χ3v) is 2.89. The van der Waals surface area contributed by atoms with E-state index in [4.69, 9.17) is 0 Å². The second-order valence-electron chi connectivity index (χ2n) is 4.05. The van der Waals surface area contributed by atoms with Gasteiger partial charge >= 0.3 is 0 Å². The van der Waals surface area contributed by atoms with E-state index in [0.29, 0.717) is 5.56 Å². The summed E-state index contributed by atoms with van der Waals surface area (Å²) in [5, 5.41) is 10.1. The van der Waals surface area contributed by atoms with E-state index in [1.807, 2.05) is 24.3 Å². The summed E-state index contributed by atoms with van der Waals surface area (Å²) in [6, 6.07) is 13.8. The van der Waals surface area contributed by atoms with Crippen LogP contribution in [0.2, 0.25) is 0 Å². The normalized spacial score (nSPS) is 12.4. The summed E-state index contributed by atoms with van der Waals surface area (Å²) in [6.07, 6.45) is 0.286. The lowest BCUT2D eigenvalue weighted by Gasteiger charge is -2.11. The first kappa shape index (κ1) is 11.8. The van der Waals surface area contributed by atoms with Crippen LogP contribution in [0.5, 0.6) is 0 Å². The van der Waals surface area contributed by atoms with Gasteiger partial charge in [0.2, 0.25) is 0 Å². The molecule has 2 rings (SSSR count). The molecule has 0 bridgehead atoms. The molecule has 2 aromatic rings. The predicted octanol–water partition coefficient (Wildman–Crippen LogP) is 3.47. The maximum atomic E-state index is 12.8. The number of aryl methyl sites for hydroxylation is 1. The van der Waals surface area contributed by atoms with Crippen LogP contribution < -0.4 is 0 Å². The van der Waals surface area contributed by atoms with Gasteiger partial charge in [-0.05, 0) is 35.2 Å². The van der Waals surface area contributed by atoms with Gasteiger partial charge in [-0.25, -0.2) is 4.39 Å². The standard InChI is InChI=1S/C15H15FO/c1-2-11-3-5-12(6-4-11)15(17)13-7-9-14(16)10-8-13/h3-10,15,17H,2H2,1H3/t15-/m0/s1. The van der Waals surface area contributed by atoms with Crippen molar-refractivity contribution in [3.8, 4) is 0 Å². The number of halogens is 1. The fourth-order valence-corrected chi connectivity index (χ4v) is 1.77. The maximum Gasteiger partial charge on any atom is 0.123 e. The summed E-state index contributed by atoms with van der Waals surface area (Å²) >= 11 is 0. The molecule has 0 saturated heterocycles. The number of benzene rings is 2. The van der Waals surface area contributed by atoms with Crippen molar-refractivity contribution in [2.45, 2.75) is 19.4 Å². The average molecular weight is 230 g/mol. The van der Waals surface area contributed by atoms with Gasteiger partial charge in [0.15, 0.2) is 0 Å². The van der Waals surface area contributed by atoms with Crippen molar-refractivity contribution in [3.05, 3.63) is 71.0 Å². The lowest BCUT2D eigenvalue weighted by molar-refractivity contribution is 0.220. The molecule has 0 unspecified atom stereocenters. The van der Waals surface area contributed by atoms with Crippen LogP contribution in [0, 0.1) is 5.82 Å². The quantitative estimate of drug-likeness (QED) is 0.856. The fraction of sp³-hybridized carbons (Fsp3) is 0.200. The smallest absolute Gasteiger partial charge is 0.123 e. The molecule has 0 aromatic heterocycles. The number of hydrogen-bond donors (Lipinski definition) is 1. The summed E-state index contributed by atoms with van der Waals surface area (Å²) in [7, 11) is 0. The Kier molecular flexibility index (Phi) is 3.55. The Hall–Kier alpha value is -1.67. The lowest BCUT2D eigenvalue weighted by atomic mass is 10.00. The summed E-state index contributed by atoms with van der Waals surface area (Å²) in [6.45, 7) is 2.09. The van der Waals surface area contributed by atoms with Crippen molar-refractivity contribution >= 4 is 0 Å². The minimum atomic E-state index is -0.693. The van der Waals surface area contributed by atoms with E-state index in [-0.39, 0.29) is 5.82 Å². The molecule has 2 heteroatoms. The first-order valence-electron chi connectivity index (χ1n) is 5.73. The molecule has 0 aliphatic rings. The van der Waals surface area contributed by atoms with E-state index in [0.717, 1.165) is 12.0 Å². The van der Waals surface area contributed by atoms with Gasteiger partial charge in [0, 0.05) is 0 Å². The van der Waals surface area contributed by atoms with Crippen LogP contribution in [0.25, 0.3) is 0 Å². The number of rotatable bonds is 3. The molecule has 0 radical (unpaired) electrons. The van der Waals surface area contributed by atoms with E-state index >= 15 is 0 Å². The molecule has 88 valence electrons. The molecule has 1 atom stereocenters. The molecule has 0 aliphatic carbocycles. The van der Waals surface area contributed by atoms with Crippen molar-refractivity contribution < 1.29 is 9.50 Å². The highest BCUT2D eigenvalue weighted by molar-refractivity contribution is 5.31. The van der Waals surface area contributed by atoms with Gasteiger partial charge in [-0.3, -0.25) is 0 Å². The van der Waals surface area contributed by atoms with Crippen molar-refractivity contribution in [3.63, 3.8) is 0 Å². The van der Waals surface area contributed by atoms with Crippen LogP contribution in [0.1, 0.15) is 29.7 Å². The Balaban J connectivity index is 2.23. The topological polar surface area (TPSA) is 20.2 Å². The van der Waals surface area contributed by atoms with E-state index in [2.05, 4.69) is 6.92 Å². The third-order valence-electron chi connectivity index (χ3n) is 2.89. The molecule has 0 spiro atoms. The van der Waals surface area contributed by atoms with Crippen LogP contribution in [0.4, 0.5) is 4.39 Å². The zero-order valence-electron chi connectivity index (χ0n) is 9.73. The van der Waals surface area contributed by atoms with Gasteiger partial charge in [-0.2, -0.15) is 0 Å². The number of aliphatic hydroxyl groups is 1. The monoisotopic (exact) mass is 230 g/mol. The van der Waals surface area contributed by atoms with E-state index < -0.39 is 6.10 Å². The minimum absolute atomic E-state index is 0.290.